The van der Waals surface area contributed by atoms with Gasteiger partial charge in [-0.3, -0.25) is 4.79 Å². The maximum Gasteiger partial charge on any atom is 0.161 e. The third-order valence-electron chi connectivity index (χ3n) is 8.13. The topological polar surface area (TPSA) is 57.5 Å². The quantitative estimate of drug-likeness (QED) is 0.808. The van der Waals surface area contributed by atoms with Crippen molar-refractivity contribution in [3.8, 4) is 0 Å². The SMILES string of the molecule is C=C1C=CC2(C)C(=C1)CCC1C2C(O)CC2(C)C(C(=O)CO)CCC12. The summed E-state index contributed by atoms with van der Waals surface area (Å²) in [6.45, 7) is 8.17. The summed E-state index contributed by atoms with van der Waals surface area (Å²) >= 11 is 0. The molecule has 3 heteroatoms. The molecule has 3 saturated carbocycles. The average Bonchev–Trinajstić information content (AvgIpc) is 2.91. The Hall–Kier alpha value is -1.19. The molecule has 7 atom stereocenters. The van der Waals surface area contributed by atoms with Crippen LogP contribution in [0.1, 0.15) is 46.0 Å². The van der Waals surface area contributed by atoms with E-state index in [1.807, 2.05) is 0 Å². The van der Waals surface area contributed by atoms with Crippen molar-refractivity contribution in [2.24, 2.45) is 34.5 Å². The van der Waals surface area contributed by atoms with Crippen molar-refractivity contribution in [3.05, 3.63) is 36.0 Å². The molecule has 0 spiro atoms. The van der Waals surface area contributed by atoms with E-state index < -0.39 is 6.10 Å². The Kier molecular flexibility index (Phi) is 3.90. The first-order chi connectivity index (χ1) is 11.8. The van der Waals surface area contributed by atoms with Crippen molar-refractivity contribution >= 4 is 5.78 Å². The Bertz CT molecular complexity index is 675. The Morgan fingerprint density at radius 3 is 2.80 bits per heavy atom. The third kappa shape index (κ3) is 2.28. The zero-order chi connectivity index (χ0) is 18.0. The zero-order valence-electron chi connectivity index (χ0n) is 15.4. The number of carbonyl (C=O) groups excluding carboxylic acids is 1. The van der Waals surface area contributed by atoms with Gasteiger partial charge in [0, 0.05) is 17.3 Å². The maximum absolute atomic E-state index is 12.3. The van der Waals surface area contributed by atoms with Crippen LogP contribution in [0.3, 0.4) is 0 Å². The summed E-state index contributed by atoms with van der Waals surface area (Å²) in [6, 6.07) is 0. The van der Waals surface area contributed by atoms with Crippen molar-refractivity contribution in [2.75, 3.05) is 6.61 Å². The zero-order valence-corrected chi connectivity index (χ0v) is 15.4. The smallest absolute Gasteiger partial charge is 0.161 e. The molecule has 0 bridgehead atoms. The molecule has 4 aliphatic rings. The Morgan fingerprint density at radius 1 is 1.32 bits per heavy atom. The second-order valence-electron chi connectivity index (χ2n) is 9.23. The lowest BCUT2D eigenvalue weighted by atomic mass is 9.46. The van der Waals surface area contributed by atoms with Crippen LogP contribution >= 0.6 is 0 Å². The van der Waals surface area contributed by atoms with Crippen LogP contribution in [0.4, 0.5) is 0 Å². The molecule has 136 valence electrons. The minimum absolute atomic E-state index is 0.0351. The molecule has 0 aromatic carbocycles. The predicted octanol–water partition coefficient (Wildman–Crippen LogP) is 3.43. The van der Waals surface area contributed by atoms with Crippen molar-refractivity contribution < 1.29 is 15.0 Å². The molecule has 0 heterocycles. The number of Topliss-reactive ketones (excluding diaryl/α,β-unsaturated/α-hetero) is 1. The lowest BCUT2D eigenvalue weighted by molar-refractivity contribution is -0.140. The fourth-order valence-electron chi connectivity index (χ4n) is 7.04. The standard InChI is InChI=1S/C22H30O3/c1-13-8-9-21(2)14(10-13)4-5-15-16-6-7-17(19(25)12-23)22(16,3)11-18(24)20(15)21/h8-10,15-18,20,23-24H,1,4-7,11-12H2,2-3H3. The number of rotatable bonds is 2. The largest absolute Gasteiger partial charge is 0.393 e. The van der Waals surface area contributed by atoms with E-state index in [4.69, 9.17) is 0 Å². The monoisotopic (exact) mass is 342 g/mol. The number of hydrogen-bond donors (Lipinski definition) is 2. The highest BCUT2D eigenvalue weighted by molar-refractivity contribution is 5.83. The highest BCUT2D eigenvalue weighted by atomic mass is 16.3. The molecule has 0 aromatic rings. The van der Waals surface area contributed by atoms with Crippen LogP contribution in [0.2, 0.25) is 0 Å². The van der Waals surface area contributed by atoms with Gasteiger partial charge in [-0.25, -0.2) is 0 Å². The number of ketones is 1. The summed E-state index contributed by atoms with van der Waals surface area (Å²) in [5.41, 5.74) is 2.20. The first kappa shape index (κ1) is 17.2. The van der Waals surface area contributed by atoms with Gasteiger partial charge in [-0.15, -0.1) is 0 Å². The Labute approximate surface area is 150 Å². The van der Waals surface area contributed by atoms with E-state index in [1.165, 1.54) is 5.57 Å². The molecular formula is C22H30O3. The third-order valence-corrected chi connectivity index (χ3v) is 8.13. The summed E-state index contributed by atoms with van der Waals surface area (Å²) in [6.07, 6.45) is 10.9. The Morgan fingerprint density at radius 2 is 2.08 bits per heavy atom. The fourth-order valence-corrected chi connectivity index (χ4v) is 7.04. The maximum atomic E-state index is 12.3. The van der Waals surface area contributed by atoms with E-state index in [1.54, 1.807) is 0 Å². The number of fused-ring (bicyclic) bond motifs is 5. The molecule has 0 radical (unpaired) electrons. The molecule has 4 aliphatic carbocycles. The highest BCUT2D eigenvalue weighted by Gasteiger charge is 2.62. The molecule has 4 rings (SSSR count). The highest BCUT2D eigenvalue weighted by Crippen LogP contribution is 2.66. The fraction of sp³-hybridized carbons (Fsp3) is 0.682. The van der Waals surface area contributed by atoms with Gasteiger partial charge in [-0.05, 0) is 54.9 Å². The van der Waals surface area contributed by atoms with Crippen LogP contribution in [-0.4, -0.2) is 28.7 Å². The van der Waals surface area contributed by atoms with Crippen LogP contribution in [0.25, 0.3) is 0 Å². The van der Waals surface area contributed by atoms with E-state index in [0.717, 1.165) is 31.3 Å². The lowest BCUT2D eigenvalue weighted by Gasteiger charge is -2.58. The minimum Gasteiger partial charge on any atom is -0.393 e. The van der Waals surface area contributed by atoms with E-state index in [-0.39, 0.29) is 35.1 Å². The molecule has 0 aliphatic heterocycles. The molecular weight excluding hydrogens is 312 g/mol. The van der Waals surface area contributed by atoms with Gasteiger partial charge in [0.05, 0.1) is 6.10 Å². The first-order valence-corrected chi connectivity index (χ1v) is 9.72. The number of allylic oxidation sites excluding steroid dienone is 5. The Balaban J connectivity index is 1.71. The van der Waals surface area contributed by atoms with Gasteiger partial charge in [-0.1, -0.05) is 44.2 Å². The molecule has 3 nitrogen and oxygen atoms in total. The second kappa shape index (κ2) is 5.65. The van der Waals surface area contributed by atoms with Gasteiger partial charge in [-0.2, -0.15) is 0 Å². The second-order valence-corrected chi connectivity index (χ2v) is 9.23. The van der Waals surface area contributed by atoms with Crippen molar-refractivity contribution in [2.45, 2.75) is 52.1 Å². The van der Waals surface area contributed by atoms with Crippen LogP contribution in [0.5, 0.6) is 0 Å². The van der Waals surface area contributed by atoms with E-state index >= 15 is 0 Å². The van der Waals surface area contributed by atoms with E-state index in [2.05, 4.69) is 38.7 Å². The predicted molar refractivity (Wildman–Crippen MR) is 97.7 cm³/mol. The van der Waals surface area contributed by atoms with Gasteiger partial charge < -0.3 is 10.2 Å². The molecule has 25 heavy (non-hydrogen) atoms. The van der Waals surface area contributed by atoms with Crippen molar-refractivity contribution in [1.29, 1.82) is 0 Å². The van der Waals surface area contributed by atoms with Gasteiger partial charge in [0.15, 0.2) is 5.78 Å². The molecule has 0 saturated heterocycles. The minimum atomic E-state index is -0.400. The average molecular weight is 342 g/mol. The molecule has 3 fully saturated rings. The summed E-state index contributed by atoms with van der Waals surface area (Å²) in [7, 11) is 0. The van der Waals surface area contributed by atoms with Crippen molar-refractivity contribution in [3.63, 3.8) is 0 Å². The van der Waals surface area contributed by atoms with Gasteiger partial charge in [0.2, 0.25) is 0 Å². The molecule has 7 unspecified atom stereocenters. The summed E-state index contributed by atoms with van der Waals surface area (Å²) in [4.78, 5) is 12.3. The number of carbonyl (C=O) groups is 1. The first-order valence-electron chi connectivity index (χ1n) is 9.72. The van der Waals surface area contributed by atoms with Gasteiger partial charge in [0.1, 0.15) is 6.61 Å². The summed E-state index contributed by atoms with van der Waals surface area (Å²) in [5.74, 6) is 1.01. The van der Waals surface area contributed by atoms with Crippen LogP contribution in [-0.2, 0) is 4.79 Å². The summed E-state index contributed by atoms with van der Waals surface area (Å²) in [5, 5.41) is 20.6. The van der Waals surface area contributed by atoms with Crippen LogP contribution in [0, 0.1) is 34.5 Å². The number of aliphatic hydroxyl groups is 2. The van der Waals surface area contributed by atoms with Gasteiger partial charge >= 0.3 is 0 Å². The molecule has 2 N–H and O–H groups in total. The van der Waals surface area contributed by atoms with E-state index in [9.17, 15) is 15.0 Å². The number of hydrogen-bond acceptors (Lipinski definition) is 3. The van der Waals surface area contributed by atoms with Crippen LogP contribution in [0.15, 0.2) is 36.0 Å². The molecule has 0 amide bonds. The van der Waals surface area contributed by atoms with Gasteiger partial charge in [0.25, 0.3) is 0 Å². The molecule has 0 aromatic heterocycles. The number of aliphatic hydroxyl groups excluding tert-OH is 2. The van der Waals surface area contributed by atoms with E-state index in [0.29, 0.717) is 18.3 Å². The lowest BCUT2D eigenvalue weighted by Crippen LogP contribution is -2.56. The van der Waals surface area contributed by atoms with Crippen LogP contribution < -0.4 is 0 Å². The van der Waals surface area contributed by atoms with Crippen molar-refractivity contribution in [1.82, 2.24) is 0 Å². The normalized spacial score (nSPS) is 48.4. The summed E-state index contributed by atoms with van der Waals surface area (Å²) < 4.78 is 0.